The van der Waals surface area contributed by atoms with Gasteiger partial charge in [0.25, 0.3) is 0 Å². The fraction of sp³-hybridized carbons (Fsp3) is 0.0769. The van der Waals surface area contributed by atoms with Gasteiger partial charge in [-0.2, -0.15) is 0 Å². The maximum atomic E-state index is 4.04. The number of anilines is 3. The van der Waals surface area contributed by atoms with Gasteiger partial charge in [0.1, 0.15) is 0 Å². The Labute approximate surface area is 238 Å². The second kappa shape index (κ2) is 10.4. The molecule has 0 aliphatic heterocycles. The molecule has 0 saturated carbocycles. The summed E-state index contributed by atoms with van der Waals surface area (Å²) in [5.41, 5.74) is 13.2. The molecule has 1 aliphatic rings. The number of hydrogen-bond acceptors (Lipinski definition) is 1. The summed E-state index contributed by atoms with van der Waals surface area (Å²) in [6, 6.07) is 43.7. The van der Waals surface area contributed by atoms with Gasteiger partial charge in [-0.05, 0) is 74.8 Å². The fourth-order valence-electron chi connectivity index (χ4n) is 6.10. The van der Waals surface area contributed by atoms with Crippen molar-refractivity contribution in [2.24, 2.45) is 0 Å². The summed E-state index contributed by atoms with van der Waals surface area (Å²) in [5.74, 6) is 0. The zero-order valence-electron chi connectivity index (χ0n) is 23.1. The Morgan fingerprint density at radius 1 is 0.650 bits per heavy atom. The number of benzene rings is 5. The summed E-state index contributed by atoms with van der Waals surface area (Å²) < 4.78 is 0. The Bertz CT molecular complexity index is 1740. The standard InChI is InChI=1S/C39H33N/c1-5-14-28(6-2)31-17-12-18-33(27-31)40(32-25-23-30(24-26-32)29-15-8-7-9-16-29)37-22-13-20-35-34-19-10-11-21-36(34)39(3,4)38(35)37/h5-27H,1-2H2,3-4H3/b28-14+. The van der Waals surface area contributed by atoms with Crippen LogP contribution in [0.25, 0.3) is 27.8 Å². The molecule has 0 atom stereocenters. The maximum absolute atomic E-state index is 4.04. The van der Waals surface area contributed by atoms with Crippen LogP contribution in [0.4, 0.5) is 17.1 Å². The molecule has 0 radical (unpaired) electrons. The van der Waals surface area contributed by atoms with Crippen molar-refractivity contribution in [3.8, 4) is 22.3 Å². The predicted molar refractivity (Wildman–Crippen MR) is 172 cm³/mol. The van der Waals surface area contributed by atoms with Crippen molar-refractivity contribution in [2.45, 2.75) is 19.3 Å². The Hall–Kier alpha value is -4.88. The fourth-order valence-corrected chi connectivity index (χ4v) is 6.10. The molecule has 1 heteroatoms. The van der Waals surface area contributed by atoms with E-state index in [1.807, 2.05) is 18.2 Å². The molecular formula is C39H33N. The second-order valence-electron chi connectivity index (χ2n) is 10.7. The van der Waals surface area contributed by atoms with E-state index < -0.39 is 0 Å². The van der Waals surface area contributed by atoms with Gasteiger partial charge in [-0.1, -0.05) is 136 Å². The van der Waals surface area contributed by atoms with Gasteiger partial charge in [-0.3, -0.25) is 0 Å². The summed E-state index contributed by atoms with van der Waals surface area (Å²) in [6.45, 7) is 12.6. The van der Waals surface area contributed by atoms with Crippen molar-refractivity contribution < 1.29 is 0 Å². The average Bonchev–Trinajstić information content (AvgIpc) is 3.24. The van der Waals surface area contributed by atoms with Gasteiger partial charge in [0.15, 0.2) is 0 Å². The summed E-state index contributed by atoms with van der Waals surface area (Å²) in [5, 5.41) is 0. The predicted octanol–water partition coefficient (Wildman–Crippen LogP) is 10.9. The van der Waals surface area contributed by atoms with Crippen LogP contribution in [-0.2, 0) is 5.41 Å². The van der Waals surface area contributed by atoms with E-state index in [1.165, 1.54) is 39.1 Å². The normalized spacial score (nSPS) is 13.3. The maximum Gasteiger partial charge on any atom is 0.0508 e. The van der Waals surface area contributed by atoms with Gasteiger partial charge in [-0.15, -0.1) is 0 Å². The Morgan fingerprint density at radius 2 is 1.32 bits per heavy atom. The lowest BCUT2D eigenvalue weighted by Gasteiger charge is -2.32. The Kier molecular flexibility index (Phi) is 6.58. The Balaban J connectivity index is 1.57. The third-order valence-corrected chi connectivity index (χ3v) is 7.99. The lowest BCUT2D eigenvalue weighted by atomic mass is 9.81. The smallest absolute Gasteiger partial charge is 0.0508 e. The van der Waals surface area contributed by atoms with Gasteiger partial charge in [-0.25, -0.2) is 0 Å². The van der Waals surface area contributed by atoms with E-state index in [1.54, 1.807) is 0 Å². The summed E-state index contributed by atoms with van der Waals surface area (Å²) in [6.07, 6.45) is 5.71. The molecule has 0 unspecified atom stereocenters. The van der Waals surface area contributed by atoms with Gasteiger partial charge in [0, 0.05) is 16.8 Å². The third kappa shape index (κ3) is 4.30. The molecule has 5 aromatic carbocycles. The molecule has 1 aliphatic carbocycles. The number of rotatable bonds is 7. The van der Waals surface area contributed by atoms with Crippen molar-refractivity contribution in [3.05, 3.63) is 169 Å². The number of nitrogens with zero attached hydrogens (tertiary/aromatic N) is 1. The van der Waals surface area contributed by atoms with Crippen LogP contribution in [-0.4, -0.2) is 0 Å². The van der Waals surface area contributed by atoms with E-state index in [-0.39, 0.29) is 5.41 Å². The number of hydrogen-bond donors (Lipinski definition) is 0. The first-order chi connectivity index (χ1) is 19.5. The van der Waals surface area contributed by atoms with Crippen LogP contribution in [0.15, 0.2) is 153 Å². The van der Waals surface area contributed by atoms with Crippen molar-refractivity contribution >= 4 is 22.6 Å². The zero-order valence-corrected chi connectivity index (χ0v) is 23.1. The highest BCUT2D eigenvalue weighted by molar-refractivity contribution is 5.91. The van der Waals surface area contributed by atoms with Gasteiger partial charge in [0.05, 0.1) is 5.69 Å². The Morgan fingerprint density at radius 3 is 2.08 bits per heavy atom. The molecule has 0 N–H and O–H groups in total. The second-order valence-corrected chi connectivity index (χ2v) is 10.7. The SMILES string of the molecule is C=C/C=C(\C=C)c1cccc(N(c2ccc(-c3ccccc3)cc2)c2cccc3c2C(C)(C)c2ccccc2-3)c1. The molecule has 1 nitrogen and oxygen atoms in total. The molecule has 0 saturated heterocycles. The van der Waals surface area contributed by atoms with Crippen LogP contribution in [0, 0.1) is 0 Å². The molecule has 40 heavy (non-hydrogen) atoms. The van der Waals surface area contributed by atoms with Crippen LogP contribution < -0.4 is 4.90 Å². The first-order valence-electron chi connectivity index (χ1n) is 13.8. The van der Waals surface area contributed by atoms with Crippen LogP contribution in [0.5, 0.6) is 0 Å². The highest BCUT2D eigenvalue weighted by Gasteiger charge is 2.38. The van der Waals surface area contributed by atoms with Gasteiger partial charge >= 0.3 is 0 Å². The molecular weight excluding hydrogens is 482 g/mol. The van der Waals surface area contributed by atoms with E-state index in [4.69, 9.17) is 0 Å². The summed E-state index contributed by atoms with van der Waals surface area (Å²) >= 11 is 0. The quantitative estimate of drug-likeness (QED) is 0.195. The van der Waals surface area contributed by atoms with E-state index in [9.17, 15) is 0 Å². The van der Waals surface area contributed by atoms with Crippen molar-refractivity contribution in [2.75, 3.05) is 4.90 Å². The monoisotopic (exact) mass is 515 g/mol. The van der Waals surface area contributed by atoms with Crippen LogP contribution >= 0.6 is 0 Å². The third-order valence-electron chi connectivity index (χ3n) is 7.99. The molecule has 0 bridgehead atoms. The van der Waals surface area contributed by atoms with Crippen LogP contribution in [0.3, 0.4) is 0 Å². The van der Waals surface area contributed by atoms with Gasteiger partial charge in [0.2, 0.25) is 0 Å². The molecule has 194 valence electrons. The van der Waals surface area contributed by atoms with Crippen LogP contribution in [0.2, 0.25) is 0 Å². The molecule has 0 fully saturated rings. The summed E-state index contributed by atoms with van der Waals surface area (Å²) in [4.78, 5) is 2.40. The first kappa shape index (κ1) is 25.4. The van der Waals surface area contributed by atoms with Crippen LogP contribution in [0.1, 0.15) is 30.5 Å². The lowest BCUT2D eigenvalue weighted by Crippen LogP contribution is -2.20. The molecule has 0 heterocycles. The molecule has 0 spiro atoms. The highest BCUT2D eigenvalue weighted by Crippen LogP contribution is 2.54. The average molecular weight is 516 g/mol. The van der Waals surface area contributed by atoms with E-state index in [0.29, 0.717) is 0 Å². The summed E-state index contributed by atoms with van der Waals surface area (Å²) in [7, 11) is 0. The zero-order chi connectivity index (χ0) is 27.7. The lowest BCUT2D eigenvalue weighted by molar-refractivity contribution is 0.661. The topological polar surface area (TPSA) is 3.24 Å². The van der Waals surface area contributed by atoms with Crippen molar-refractivity contribution in [1.29, 1.82) is 0 Å². The molecule has 0 aromatic heterocycles. The van der Waals surface area contributed by atoms with E-state index in [2.05, 4.69) is 153 Å². The minimum atomic E-state index is -0.141. The van der Waals surface area contributed by atoms with E-state index in [0.717, 1.165) is 22.5 Å². The van der Waals surface area contributed by atoms with Crippen molar-refractivity contribution in [1.82, 2.24) is 0 Å². The molecule has 6 rings (SSSR count). The minimum Gasteiger partial charge on any atom is -0.310 e. The van der Waals surface area contributed by atoms with Gasteiger partial charge < -0.3 is 4.90 Å². The first-order valence-corrected chi connectivity index (χ1v) is 13.8. The minimum absolute atomic E-state index is 0.141. The number of fused-ring (bicyclic) bond motifs is 3. The molecule has 0 amide bonds. The highest BCUT2D eigenvalue weighted by atomic mass is 15.1. The van der Waals surface area contributed by atoms with Crippen molar-refractivity contribution in [3.63, 3.8) is 0 Å². The van der Waals surface area contributed by atoms with E-state index >= 15 is 0 Å². The largest absolute Gasteiger partial charge is 0.310 e. The molecule has 5 aromatic rings. The number of allylic oxidation sites excluding steroid dienone is 4.